The maximum Gasteiger partial charge on any atom is 0.151 e. The van der Waals surface area contributed by atoms with Crippen LogP contribution >= 0.6 is 38.9 Å². The van der Waals surface area contributed by atoms with Crippen molar-refractivity contribution in [3.05, 3.63) is 43.8 Å². The maximum absolute atomic E-state index is 9.24. The van der Waals surface area contributed by atoms with Gasteiger partial charge in [0, 0.05) is 10.2 Å². The highest BCUT2D eigenvalue weighted by atomic mass is 79.9. The first-order valence-electron chi connectivity index (χ1n) is 5.13. The number of nitrogens with zero attached hydrogens (tertiary/aromatic N) is 2. The molecule has 1 atom stereocenters. The quantitative estimate of drug-likeness (QED) is 0.890. The molecular formula is C12H9BrClN3S. The summed E-state index contributed by atoms with van der Waals surface area (Å²) in [5.41, 5.74) is 3.46. The Labute approximate surface area is 123 Å². The predicted molar refractivity (Wildman–Crippen MR) is 78.0 cm³/mol. The monoisotopic (exact) mass is 341 g/mol. The molecule has 0 aliphatic carbocycles. The summed E-state index contributed by atoms with van der Waals surface area (Å²) in [4.78, 5) is 5.09. The van der Waals surface area contributed by atoms with Crippen molar-refractivity contribution in [2.24, 2.45) is 0 Å². The summed E-state index contributed by atoms with van der Waals surface area (Å²) in [5, 5.41) is 13.0. The molecule has 0 amide bonds. The Morgan fingerprint density at radius 2 is 2.33 bits per heavy atom. The average Bonchev–Trinajstić information content (AvgIpc) is 2.77. The third kappa shape index (κ3) is 2.83. The van der Waals surface area contributed by atoms with Gasteiger partial charge in [-0.15, -0.1) is 11.3 Å². The molecule has 18 heavy (non-hydrogen) atoms. The number of nitriles is 1. The molecule has 0 aliphatic rings. The Morgan fingerprint density at radius 1 is 1.56 bits per heavy atom. The number of rotatable bonds is 3. The minimum absolute atomic E-state index is 0.398. The van der Waals surface area contributed by atoms with E-state index in [2.05, 4.69) is 32.3 Å². The number of aromatic nitrogens is 1. The molecule has 92 valence electrons. The van der Waals surface area contributed by atoms with Gasteiger partial charge in [0.25, 0.3) is 0 Å². The smallest absolute Gasteiger partial charge is 0.151 e. The van der Waals surface area contributed by atoms with Crippen molar-refractivity contribution in [3.63, 3.8) is 0 Å². The van der Waals surface area contributed by atoms with Crippen molar-refractivity contribution in [2.45, 2.75) is 13.0 Å². The van der Waals surface area contributed by atoms with Gasteiger partial charge in [0.15, 0.2) is 6.04 Å². The van der Waals surface area contributed by atoms with Crippen molar-refractivity contribution in [1.29, 1.82) is 5.26 Å². The largest absolute Gasteiger partial charge is 0.365 e. The van der Waals surface area contributed by atoms with Crippen LogP contribution in [-0.2, 0) is 0 Å². The highest BCUT2D eigenvalue weighted by Crippen LogP contribution is 2.29. The summed E-state index contributed by atoms with van der Waals surface area (Å²) in [7, 11) is 0. The zero-order chi connectivity index (χ0) is 13.1. The second-order valence-electron chi connectivity index (χ2n) is 3.64. The van der Waals surface area contributed by atoms with Crippen molar-refractivity contribution < 1.29 is 0 Å². The van der Waals surface area contributed by atoms with Gasteiger partial charge in [-0.1, -0.05) is 11.6 Å². The zero-order valence-electron chi connectivity index (χ0n) is 9.45. The van der Waals surface area contributed by atoms with E-state index in [0.29, 0.717) is 5.02 Å². The van der Waals surface area contributed by atoms with Crippen molar-refractivity contribution in [3.8, 4) is 6.07 Å². The predicted octanol–water partition coefficient (Wildman–Crippen LogP) is 4.54. The fourth-order valence-corrected chi connectivity index (χ4v) is 2.79. The van der Waals surface area contributed by atoms with Crippen LogP contribution in [-0.4, -0.2) is 4.98 Å². The van der Waals surface area contributed by atoms with Gasteiger partial charge in [0.2, 0.25) is 0 Å². The molecule has 0 saturated carbocycles. The number of aryl methyl sites for hydroxylation is 1. The molecular weight excluding hydrogens is 334 g/mol. The van der Waals surface area contributed by atoms with Crippen LogP contribution in [0.3, 0.4) is 0 Å². The molecule has 1 N–H and O–H groups in total. The number of halogens is 2. The zero-order valence-corrected chi connectivity index (χ0v) is 12.6. The van der Waals surface area contributed by atoms with E-state index in [1.807, 2.05) is 19.1 Å². The minimum atomic E-state index is -0.398. The summed E-state index contributed by atoms with van der Waals surface area (Å²) in [6.45, 7) is 1.90. The van der Waals surface area contributed by atoms with Crippen LogP contribution in [0.2, 0.25) is 5.02 Å². The van der Waals surface area contributed by atoms with Crippen LogP contribution in [0.5, 0.6) is 0 Å². The lowest BCUT2D eigenvalue weighted by molar-refractivity contribution is 0.997. The SMILES string of the molecule is Cc1ncsc1C(C#N)Nc1ccc(Cl)c(Br)c1. The van der Waals surface area contributed by atoms with Crippen LogP contribution in [0, 0.1) is 18.3 Å². The van der Waals surface area contributed by atoms with E-state index in [1.165, 1.54) is 11.3 Å². The Balaban J connectivity index is 2.24. The molecule has 0 fully saturated rings. The molecule has 2 aromatic rings. The summed E-state index contributed by atoms with van der Waals surface area (Å²) in [5.74, 6) is 0. The van der Waals surface area contributed by atoms with Crippen molar-refractivity contribution in [1.82, 2.24) is 4.98 Å². The number of thiazole rings is 1. The lowest BCUT2D eigenvalue weighted by Gasteiger charge is -2.12. The molecule has 1 aromatic carbocycles. The van der Waals surface area contributed by atoms with Gasteiger partial charge in [-0.3, -0.25) is 0 Å². The van der Waals surface area contributed by atoms with Crippen LogP contribution in [0.4, 0.5) is 5.69 Å². The first-order chi connectivity index (χ1) is 8.61. The summed E-state index contributed by atoms with van der Waals surface area (Å²) in [6.07, 6.45) is 0. The fraction of sp³-hybridized carbons (Fsp3) is 0.167. The van der Waals surface area contributed by atoms with Crippen LogP contribution in [0.1, 0.15) is 16.6 Å². The number of benzene rings is 1. The Morgan fingerprint density at radius 3 is 2.89 bits per heavy atom. The van der Waals surface area contributed by atoms with Gasteiger partial charge in [0.05, 0.1) is 27.2 Å². The Kier molecular flexibility index (Phi) is 4.23. The molecule has 0 spiro atoms. The summed E-state index contributed by atoms with van der Waals surface area (Å²) >= 11 is 10.8. The minimum Gasteiger partial charge on any atom is -0.365 e. The second-order valence-corrected chi connectivity index (χ2v) is 5.79. The maximum atomic E-state index is 9.24. The normalized spacial score (nSPS) is 11.9. The Hall–Kier alpha value is -1.09. The van der Waals surface area contributed by atoms with Gasteiger partial charge in [-0.05, 0) is 41.1 Å². The van der Waals surface area contributed by atoms with Crippen molar-refractivity contribution in [2.75, 3.05) is 5.32 Å². The highest BCUT2D eigenvalue weighted by Gasteiger charge is 2.15. The summed E-state index contributed by atoms with van der Waals surface area (Å²) < 4.78 is 0.798. The van der Waals surface area contributed by atoms with Gasteiger partial charge in [0.1, 0.15) is 0 Å². The molecule has 1 heterocycles. The first kappa shape index (κ1) is 13.3. The van der Waals surface area contributed by atoms with Crippen LogP contribution in [0.15, 0.2) is 28.2 Å². The molecule has 2 rings (SSSR count). The standard InChI is InChI=1S/C12H9BrClN3S/c1-7-12(18-6-16-7)11(5-15)17-8-2-3-10(14)9(13)4-8/h2-4,6,11,17H,1H3. The van der Waals surface area contributed by atoms with E-state index in [0.717, 1.165) is 20.7 Å². The van der Waals surface area contributed by atoms with E-state index in [9.17, 15) is 5.26 Å². The molecule has 3 nitrogen and oxygen atoms in total. The molecule has 1 unspecified atom stereocenters. The van der Waals surface area contributed by atoms with Gasteiger partial charge in [-0.2, -0.15) is 5.26 Å². The lowest BCUT2D eigenvalue weighted by atomic mass is 10.2. The van der Waals surface area contributed by atoms with E-state index in [1.54, 1.807) is 11.6 Å². The summed E-state index contributed by atoms with van der Waals surface area (Å²) in [6, 6.07) is 7.31. The molecule has 0 saturated heterocycles. The highest BCUT2D eigenvalue weighted by molar-refractivity contribution is 9.10. The fourth-order valence-electron chi connectivity index (χ4n) is 1.50. The van der Waals surface area contributed by atoms with Crippen LogP contribution < -0.4 is 5.32 Å². The lowest BCUT2D eigenvalue weighted by Crippen LogP contribution is -2.08. The number of nitrogens with one attached hydrogen (secondary N) is 1. The van der Waals surface area contributed by atoms with E-state index < -0.39 is 6.04 Å². The Bertz CT molecular complexity index is 606. The van der Waals surface area contributed by atoms with E-state index >= 15 is 0 Å². The van der Waals surface area contributed by atoms with Crippen molar-refractivity contribution >= 4 is 44.6 Å². The van der Waals surface area contributed by atoms with Gasteiger partial charge in [-0.25, -0.2) is 4.98 Å². The van der Waals surface area contributed by atoms with Gasteiger partial charge < -0.3 is 5.32 Å². The molecule has 0 bridgehead atoms. The number of hydrogen-bond donors (Lipinski definition) is 1. The second kappa shape index (κ2) is 5.70. The third-order valence-corrected chi connectivity index (χ3v) is 4.61. The third-order valence-electron chi connectivity index (χ3n) is 2.40. The van der Waals surface area contributed by atoms with Crippen LogP contribution in [0.25, 0.3) is 0 Å². The number of anilines is 1. The molecule has 0 aliphatic heterocycles. The molecule has 6 heteroatoms. The topological polar surface area (TPSA) is 48.7 Å². The molecule has 0 radical (unpaired) electrons. The molecule has 1 aromatic heterocycles. The van der Waals surface area contributed by atoms with Gasteiger partial charge >= 0.3 is 0 Å². The van der Waals surface area contributed by atoms with E-state index in [-0.39, 0.29) is 0 Å². The first-order valence-corrected chi connectivity index (χ1v) is 7.18. The van der Waals surface area contributed by atoms with E-state index in [4.69, 9.17) is 11.6 Å². The number of hydrogen-bond acceptors (Lipinski definition) is 4. The average molecular weight is 343 g/mol.